The minimum atomic E-state index is -0.972. The van der Waals surface area contributed by atoms with Crippen LogP contribution >= 0.6 is 0 Å². The molecule has 0 aromatic heterocycles. The van der Waals surface area contributed by atoms with Gasteiger partial charge in [0.25, 0.3) is 0 Å². The Morgan fingerprint density at radius 1 is 0.853 bits per heavy atom. The number of rotatable bonds is 5. The van der Waals surface area contributed by atoms with Crippen LogP contribution in [-0.4, -0.2) is 37.2 Å². The lowest BCUT2D eigenvalue weighted by molar-refractivity contribution is -0.169. The van der Waals surface area contributed by atoms with Crippen molar-refractivity contribution in [1.82, 2.24) is 4.90 Å². The van der Waals surface area contributed by atoms with Gasteiger partial charge in [0.05, 0.1) is 23.8 Å². The highest BCUT2D eigenvalue weighted by atomic mass is 19.1. The third kappa shape index (κ3) is 2.55. The van der Waals surface area contributed by atoms with Gasteiger partial charge in [-0.3, -0.25) is 14.5 Å². The van der Waals surface area contributed by atoms with Crippen LogP contribution in [0.2, 0.25) is 0 Å². The van der Waals surface area contributed by atoms with Gasteiger partial charge in [0, 0.05) is 20.1 Å². The molecule has 2 bridgehead atoms. The van der Waals surface area contributed by atoms with Crippen molar-refractivity contribution >= 4 is 11.8 Å². The van der Waals surface area contributed by atoms with Crippen LogP contribution in [0, 0.1) is 17.7 Å². The maximum absolute atomic E-state index is 14.1. The smallest absolute Gasteiger partial charge is 0.234 e. The summed E-state index contributed by atoms with van der Waals surface area (Å²) in [5, 5.41) is 0. The predicted octanol–water partition coefficient (Wildman–Crippen LogP) is 3.99. The zero-order valence-corrected chi connectivity index (χ0v) is 18.9. The minimum Gasteiger partial charge on any atom is -0.355 e. The number of carbonyl (C=O) groups is 2. The average molecular weight is 458 g/mol. The molecule has 3 aromatic carbocycles. The summed E-state index contributed by atoms with van der Waals surface area (Å²) in [7, 11) is 3.14. The molecule has 2 amide bonds. The molecule has 0 spiro atoms. The number of hydrogen-bond acceptors (Lipinski definition) is 4. The van der Waals surface area contributed by atoms with E-state index in [1.807, 2.05) is 48.5 Å². The molecule has 1 aliphatic heterocycles. The summed E-state index contributed by atoms with van der Waals surface area (Å²) in [5.41, 5.74) is 3.74. The van der Waals surface area contributed by atoms with Crippen LogP contribution < -0.4 is 0 Å². The summed E-state index contributed by atoms with van der Waals surface area (Å²) < 4.78 is 25.2. The van der Waals surface area contributed by atoms with Crippen molar-refractivity contribution in [2.75, 3.05) is 14.2 Å². The van der Waals surface area contributed by atoms with Crippen molar-refractivity contribution in [3.05, 3.63) is 106 Å². The molecule has 6 heteroatoms. The van der Waals surface area contributed by atoms with Gasteiger partial charge >= 0.3 is 0 Å². The van der Waals surface area contributed by atoms with Crippen LogP contribution in [0.4, 0.5) is 4.39 Å². The number of amides is 2. The molecule has 0 saturated carbocycles. The van der Waals surface area contributed by atoms with E-state index < -0.39 is 23.5 Å². The van der Waals surface area contributed by atoms with E-state index in [0.29, 0.717) is 5.56 Å². The van der Waals surface area contributed by atoms with Crippen molar-refractivity contribution < 1.29 is 23.5 Å². The third-order valence-corrected chi connectivity index (χ3v) is 7.83. The van der Waals surface area contributed by atoms with Crippen LogP contribution in [-0.2, 0) is 31.0 Å². The second-order valence-electron chi connectivity index (χ2n) is 9.22. The van der Waals surface area contributed by atoms with Crippen LogP contribution in [0.5, 0.6) is 0 Å². The number of hydrogen-bond donors (Lipinski definition) is 0. The Labute approximate surface area is 197 Å². The molecule has 3 aromatic rings. The van der Waals surface area contributed by atoms with Crippen molar-refractivity contribution in [3.63, 3.8) is 0 Å². The van der Waals surface area contributed by atoms with E-state index in [0.717, 1.165) is 22.3 Å². The average Bonchev–Trinajstić information content (AvgIpc) is 3.12. The molecular weight excluding hydrogens is 433 g/mol. The summed E-state index contributed by atoms with van der Waals surface area (Å²) in [6, 6.07) is 21.9. The molecule has 7 rings (SSSR count). The van der Waals surface area contributed by atoms with Crippen molar-refractivity contribution in [3.8, 4) is 0 Å². The Balaban J connectivity index is 1.58. The van der Waals surface area contributed by atoms with Gasteiger partial charge in [0.2, 0.25) is 11.8 Å². The lowest BCUT2D eigenvalue weighted by Crippen LogP contribution is -2.60. The number of carbonyl (C=O) groups excluding carboxylic acids is 2. The zero-order chi connectivity index (χ0) is 23.6. The summed E-state index contributed by atoms with van der Waals surface area (Å²) in [4.78, 5) is 29.4. The number of nitrogens with zero attached hydrogens (tertiary/aromatic N) is 1. The first kappa shape index (κ1) is 21.2. The highest BCUT2D eigenvalue weighted by Gasteiger charge is 2.70. The first-order chi connectivity index (χ1) is 16.5. The quantitative estimate of drug-likeness (QED) is 0.430. The molecule has 3 aliphatic carbocycles. The van der Waals surface area contributed by atoms with Gasteiger partial charge in [0.1, 0.15) is 5.82 Å². The predicted molar refractivity (Wildman–Crippen MR) is 122 cm³/mol. The second kappa shape index (κ2) is 7.58. The van der Waals surface area contributed by atoms with Crippen LogP contribution in [0.1, 0.15) is 33.7 Å². The number of benzene rings is 3. The van der Waals surface area contributed by atoms with Gasteiger partial charge < -0.3 is 9.47 Å². The van der Waals surface area contributed by atoms with E-state index in [1.165, 1.54) is 17.0 Å². The van der Waals surface area contributed by atoms with Gasteiger partial charge in [-0.1, -0.05) is 60.7 Å². The lowest BCUT2D eigenvalue weighted by atomic mass is 9.47. The van der Waals surface area contributed by atoms with E-state index in [9.17, 15) is 14.0 Å². The molecule has 0 radical (unpaired) electrons. The fourth-order valence-electron chi connectivity index (χ4n) is 6.69. The third-order valence-electron chi connectivity index (χ3n) is 7.83. The monoisotopic (exact) mass is 457 g/mol. The summed E-state index contributed by atoms with van der Waals surface area (Å²) in [6.07, 6.45) is -0.772. The molecule has 1 fully saturated rings. The molecule has 172 valence electrons. The van der Waals surface area contributed by atoms with E-state index in [1.54, 1.807) is 26.4 Å². The van der Waals surface area contributed by atoms with E-state index >= 15 is 0 Å². The standard InChI is InChI=1S/C28H24FNO4/c1-33-27(34-2)28-20-9-5-3-7-18(20)22(19-8-4-6-10-21(19)28)23-24(28)26(32)30(25(23)31)15-16-11-13-17(29)14-12-16/h3-14,22-24,27H,15H2,1-2H3/t22?,23-,24-,28?/m1/s1. The normalized spacial score (nSPS) is 26.6. The summed E-state index contributed by atoms with van der Waals surface area (Å²) >= 11 is 0. The van der Waals surface area contributed by atoms with E-state index in [2.05, 4.69) is 0 Å². The Morgan fingerprint density at radius 2 is 1.41 bits per heavy atom. The van der Waals surface area contributed by atoms with Crippen molar-refractivity contribution in [2.24, 2.45) is 11.8 Å². The molecule has 2 atom stereocenters. The number of methoxy groups -OCH3 is 2. The minimum absolute atomic E-state index is 0.102. The van der Waals surface area contributed by atoms with Crippen LogP contribution in [0.25, 0.3) is 0 Å². The maximum atomic E-state index is 14.1. The van der Waals surface area contributed by atoms with Crippen molar-refractivity contribution in [1.29, 1.82) is 0 Å². The fraction of sp³-hybridized carbons (Fsp3) is 0.286. The Morgan fingerprint density at radius 3 is 1.97 bits per heavy atom. The lowest BCUT2D eigenvalue weighted by Gasteiger charge is -2.56. The Hall–Kier alpha value is -3.35. The summed E-state index contributed by atoms with van der Waals surface area (Å²) in [6.45, 7) is 0.102. The van der Waals surface area contributed by atoms with Crippen LogP contribution in [0.3, 0.4) is 0 Å². The number of imide groups is 1. The number of ether oxygens (including phenoxy) is 2. The van der Waals surface area contributed by atoms with E-state index in [-0.39, 0.29) is 30.1 Å². The largest absolute Gasteiger partial charge is 0.355 e. The molecule has 1 heterocycles. The Kier molecular flexibility index (Phi) is 4.73. The molecule has 0 unspecified atom stereocenters. The van der Waals surface area contributed by atoms with Gasteiger partial charge in [-0.25, -0.2) is 4.39 Å². The SMILES string of the molecule is COC(OC)C12c3ccccc3C(c3ccccc31)[C@H]1C(=O)N(Cc3ccc(F)cc3)C(=O)[C@@H]12. The zero-order valence-electron chi connectivity index (χ0n) is 18.9. The summed E-state index contributed by atoms with van der Waals surface area (Å²) in [5.74, 6) is -2.27. The maximum Gasteiger partial charge on any atom is 0.234 e. The molecular formula is C28H24FNO4. The topological polar surface area (TPSA) is 55.8 Å². The van der Waals surface area contributed by atoms with Crippen LogP contribution in [0.15, 0.2) is 72.8 Å². The first-order valence-corrected chi connectivity index (χ1v) is 11.4. The van der Waals surface area contributed by atoms with Gasteiger partial charge in [0.15, 0.2) is 6.29 Å². The fourth-order valence-corrected chi connectivity index (χ4v) is 6.69. The molecule has 4 aliphatic rings. The highest BCUT2D eigenvalue weighted by molar-refractivity contribution is 6.08. The van der Waals surface area contributed by atoms with Gasteiger partial charge in [-0.15, -0.1) is 0 Å². The molecule has 34 heavy (non-hydrogen) atoms. The van der Waals surface area contributed by atoms with Gasteiger partial charge in [-0.2, -0.15) is 0 Å². The Bertz CT molecular complexity index is 1250. The number of likely N-dealkylation sites (tertiary alicyclic amines) is 1. The van der Waals surface area contributed by atoms with E-state index in [4.69, 9.17) is 9.47 Å². The highest BCUT2D eigenvalue weighted by Crippen LogP contribution is 2.65. The first-order valence-electron chi connectivity index (χ1n) is 11.4. The number of halogens is 1. The molecule has 1 saturated heterocycles. The molecule has 5 nitrogen and oxygen atoms in total. The molecule has 0 N–H and O–H groups in total. The van der Waals surface area contributed by atoms with Gasteiger partial charge in [-0.05, 0) is 39.9 Å². The van der Waals surface area contributed by atoms with Crippen molar-refractivity contribution in [2.45, 2.75) is 24.2 Å². The second-order valence-corrected chi connectivity index (χ2v) is 9.22.